The third-order valence-electron chi connectivity index (χ3n) is 5.52. The van der Waals surface area contributed by atoms with Gasteiger partial charge in [0.25, 0.3) is 5.92 Å². The number of amides is 1. The van der Waals surface area contributed by atoms with E-state index in [-0.39, 0.29) is 12.5 Å². The number of piperazine rings is 1. The molecule has 2 fully saturated rings. The topological polar surface area (TPSA) is 32.8 Å². The number of hydrogen-bond donors (Lipinski definition) is 0. The first-order chi connectivity index (χ1) is 14.7. The quantitative estimate of drug-likeness (QED) is 0.488. The summed E-state index contributed by atoms with van der Waals surface area (Å²) in [4.78, 5) is 15.8. The van der Waals surface area contributed by atoms with Crippen molar-refractivity contribution in [3.8, 4) is 0 Å². The molecule has 1 saturated heterocycles. The highest BCUT2D eigenvalue weighted by molar-refractivity contribution is 5.68. The molecule has 1 aromatic carbocycles. The SMILES string of the molecule is CC.CC1CN(C(c2ccc(C(F)(F)F)cc2)C2CC2(F)F)CCN1C(=O)OC(C)(C)C. The molecule has 1 aliphatic heterocycles. The van der Waals surface area contributed by atoms with E-state index in [1.807, 2.05) is 25.7 Å². The molecule has 4 nitrogen and oxygen atoms in total. The van der Waals surface area contributed by atoms with Gasteiger partial charge in [-0.15, -0.1) is 0 Å². The number of ether oxygens (including phenoxy) is 1. The molecule has 0 bridgehead atoms. The van der Waals surface area contributed by atoms with Gasteiger partial charge in [0, 0.05) is 44.1 Å². The van der Waals surface area contributed by atoms with E-state index in [1.54, 1.807) is 25.7 Å². The molecule has 32 heavy (non-hydrogen) atoms. The van der Waals surface area contributed by atoms with E-state index in [4.69, 9.17) is 4.74 Å². The highest BCUT2D eigenvalue weighted by Gasteiger charge is 2.62. The van der Waals surface area contributed by atoms with Crippen molar-refractivity contribution in [2.45, 2.75) is 77.7 Å². The molecule has 3 unspecified atom stereocenters. The lowest BCUT2D eigenvalue weighted by Crippen LogP contribution is -2.56. The van der Waals surface area contributed by atoms with Gasteiger partial charge in [0.2, 0.25) is 0 Å². The van der Waals surface area contributed by atoms with E-state index in [0.29, 0.717) is 25.2 Å². The zero-order valence-corrected chi connectivity index (χ0v) is 19.5. The van der Waals surface area contributed by atoms with Crippen LogP contribution in [-0.2, 0) is 10.9 Å². The van der Waals surface area contributed by atoms with Gasteiger partial charge in [-0.3, -0.25) is 4.90 Å². The lowest BCUT2D eigenvalue weighted by atomic mass is 9.97. The number of rotatable bonds is 3. The minimum atomic E-state index is -4.48. The van der Waals surface area contributed by atoms with Crippen LogP contribution in [0.25, 0.3) is 0 Å². The molecule has 0 N–H and O–H groups in total. The van der Waals surface area contributed by atoms with Crippen LogP contribution < -0.4 is 0 Å². The van der Waals surface area contributed by atoms with Crippen molar-refractivity contribution in [2.75, 3.05) is 19.6 Å². The highest BCUT2D eigenvalue weighted by Crippen LogP contribution is 2.57. The number of alkyl halides is 5. The van der Waals surface area contributed by atoms with Gasteiger partial charge < -0.3 is 9.64 Å². The van der Waals surface area contributed by atoms with Crippen molar-refractivity contribution in [3.05, 3.63) is 35.4 Å². The number of hydrogen-bond acceptors (Lipinski definition) is 3. The fourth-order valence-electron chi connectivity index (χ4n) is 3.97. The van der Waals surface area contributed by atoms with Crippen molar-refractivity contribution in [1.82, 2.24) is 9.80 Å². The first-order valence-corrected chi connectivity index (χ1v) is 11.0. The largest absolute Gasteiger partial charge is 0.444 e. The second-order valence-electron chi connectivity index (χ2n) is 9.15. The number of carbonyl (C=O) groups excluding carboxylic acids is 1. The number of benzene rings is 1. The Morgan fingerprint density at radius 2 is 1.62 bits per heavy atom. The third-order valence-corrected chi connectivity index (χ3v) is 5.52. The molecule has 3 atom stereocenters. The number of nitrogens with zero attached hydrogens (tertiary/aromatic N) is 2. The Balaban J connectivity index is 0.00000176. The van der Waals surface area contributed by atoms with Gasteiger partial charge in [-0.05, 0) is 45.4 Å². The summed E-state index contributed by atoms with van der Waals surface area (Å²) in [5.41, 5.74) is -1.02. The smallest absolute Gasteiger partial charge is 0.416 e. The molecule has 1 amide bonds. The Bertz CT molecular complexity index is 774. The van der Waals surface area contributed by atoms with Crippen molar-refractivity contribution < 1.29 is 31.5 Å². The number of carbonyl (C=O) groups is 1. The van der Waals surface area contributed by atoms with Crippen LogP contribution in [0, 0.1) is 5.92 Å². The van der Waals surface area contributed by atoms with Gasteiger partial charge in [0.1, 0.15) is 5.60 Å². The lowest BCUT2D eigenvalue weighted by molar-refractivity contribution is -0.137. The standard InChI is InChI=1S/C21H27F5N2O2.C2H6/c1-13-12-27(9-10-28(13)18(29)30-19(2,3)4)17(16-11-20(16,22)23)14-5-7-15(8-6-14)21(24,25)26;1-2/h5-8,13,16-17H,9-12H2,1-4H3;1-2H3. The summed E-state index contributed by atoms with van der Waals surface area (Å²) >= 11 is 0. The third kappa shape index (κ3) is 6.33. The van der Waals surface area contributed by atoms with Crippen molar-refractivity contribution in [2.24, 2.45) is 5.92 Å². The maximum atomic E-state index is 14.0. The van der Waals surface area contributed by atoms with Crippen molar-refractivity contribution in [1.29, 1.82) is 0 Å². The fraction of sp³-hybridized carbons (Fsp3) is 0.696. The molecule has 1 aliphatic carbocycles. The maximum absolute atomic E-state index is 14.0. The van der Waals surface area contributed by atoms with Crippen LogP contribution in [0.4, 0.5) is 26.7 Å². The van der Waals surface area contributed by atoms with Crippen LogP contribution in [0.3, 0.4) is 0 Å². The van der Waals surface area contributed by atoms with Gasteiger partial charge in [-0.25, -0.2) is 13.6 Å². The van der Waals surface area contributed by atoms with E-state index < -0.39 is 41.3 Å². The molecule has 1 heterocycles. The molecule has 1 saturated carbocycles. The van der Waals surface area contributed by atoms with Crippen molar-refractivity contribution in [3.63, 3.8) is 0 Å². The van der Waals surface area contributed by atoms with E-state index in [9.17, 15) is 26.7 Å². The highest BCUT2D eigenvalue weighted by atomic mass is 19.4. The molecule has 0 spiro atoms. The Morgan fingerprint density at radius 1 is 1.09 bits per heavy atom. The van der Waals surface area contributed by atoms with Crippen LogP contribution in [0.5, 0.6) is 0 Å². The molecule has 9 heteroatoms. The first-order valence-electron chi connectivity index (χ1n) is 11.0. The van der Waals surface area contributed by atoms with Crippen LogP contribution in [-0.4, -0.2) is 53.1 Å². The summed E-state index contributed by atoms with van der Waals surface area (Å²) in [7, 11) is 0. The van der Waals surface area contributed by atoms with Gasteiger partial charge in [-0.2, -0.15) is 13.2 Å². The fourth-order valence-corrected chi connectivity index (χ4v) is 3.97. The molecule has 182 valence electrons. The molecule has 2 aliphatic rings. The van der Waals surface area contributed by atoms with Crippen LogP contribution >= 0.6 is 0 Å². The Kier molecular flexibility index (Phi) is 7.85. The molecular weight excluding hydrogens is 431 g/mol. The zero-order chi connectivity index (χ0) is 24.5. The zero-order valence-electron chi connectivity index (χ0n) is 19.5. The maximum Gasteiger partial charge on any atom is 0.416 e. The van der Waals surface area contributed by atoms with Crippen LogP contribution in [0.15, 0.2) is 24.3 Å². The van der Waals surface area contributed by atoms with E-state index >= 15 is 0 Å². The average molecular weight is 465 g/mol. The van der Waals surface area contributed by atoms with Gasteiger partial charge in [0.15, 0.2) is 0 Å². The second-order valence-corrected chi connectivity index (χ2v) is 9.15. The van der Waals surface area contributed by atoms with Crippen molar-refractivity contribution >= 4 is 6.09 Å². The Labute approximate surface area is 186 Å². The normalized spacial score (nSPS) is 24.3. The predicted octanol–water partition coefficient (Wildman–Crippen LogP) is 6.37. The van der Waals surface area contributed by atoms with E-state index in [0.717, 1.165) is 12.1 Å². The summed E-state index contributed by atoms with van der Waals surface area (Å²) in [6.07, 6.45) is -5.23. The molecule has 1 aromatic rings. The molecule has 3 rings (SSSR count). The summed E-state index contributed by atoms with van der Waals surface area (Å²) in [5, 5.41) is 0. The van der Waals surface area contributed by atoms with Gasteiger partial charge >= 0.3 is 12.3 Å². The summed E-state index contributed by atoms with van der Waals surface area (Å²) in [6.45, 7) is 12.1. The second kappa shape index (κ2) is 9.53. The van der Waals surface area contributed by atoms with Crippen LogP contribution in [0.1, 0.15) is 65.1 Å². The van der Waals surface area contributed by atoms with E-state index in [1.165, 1.54) is 12.1 Å². The summed E-state index contributed by atoms with van der Waals surface area (Å²) in [5.74, 6) is -3.78. The minimum absolute atomic E-state index is 0.280. The Hall–Kier alpha value is -1.90. The summed E-state index contributed by atoms with van der Waals surface area (Å²) < 4.78 is 71.9. The lowest BCUT2D eigenvalue weighted by Gasteiger charge is -2.43. The van der Waals surface area contributed by atoms with Gasteiger partial charge in [-0.1, -0.05) is 26.0 Å². The summed E-state index contributed by atoms with van der Waals surface area (Å²) in [6, 6.07) is 3.45. The minimum Gasteiger partial charge on any atom is -0.444 e. The monoisotopic (exact) mass is 464 g/mol. The van der Waals surface area contributed by atoms with E-state index in [2.05, 4.69) is 0 Å². The number of halogens is 5. The van der Waals surface area contributed by atoms with Gasteiger partial charge in [0.05, 0.1) is 5.56 Å². The molecular formula is C23H33F5N2O2. The Morgan fingerprint density at radius 3 is 2.03 bits per heavy atom. The van der Waals surface area contributed by atoms with Crippen LogP contribution in [0.2, 0.25) is 0 Å². The predicted molar refractivity (Wildman–Crippen MR) is 113 cm³/mol. The average Bonchev–Trinajstić information content (AvgIpc) is 3.29. The molecule has 0 radical (unpaired) electrons. The molecule has 0 aromatic heterocycles. The first kappa shape index (κ1) is 26.4.